The van der Waals surface area contributed by atoms with Gasteiger partial charge in [0.1, 0.15) is 11.6 Å². The van der Waals surface area contributed by atoms with E-state index in [0.29, 0.717) is 0 Å². The Hall–Kier alpha value is -1.49. The smallest absolute Gasteiger partial charge is 0.225 e. The molecule has 5 heteroatoms. The third-order valence-electron chi connectivity index (χ3n) is 2.03. The quantitative estimate of drug-likeness (QED) is 0.830. The number of nitrogens with two attached hydrogens (primary N) is 1. The number of anilines is 1. The molecule has 1 aromatic rings. The predicted molar refractivity (Wildman–Crippen MR) is 58.0 cm³/mol. The maximum Gasteiger partial charge on any atom is 0.225 e. The Kier molecular flexibility index (Phi) is 3.95. The van der Waals surface area contributed by atoms with Crippen molar-refractivity contribution in [1.29, 1.82) is 0 Å². The molecule has 88 valence electrons. The van der Waals surface area contributed by atoms with Crippen molar-refractivity contribution in [2.75, 3.05) is 5.32 Å². The molecule has 0 radical (unpaired) electrons. The fourth-order valence-electron chi connectivity index (χ4n) is 1.24. The standard InChI is InChI=1S/C11H14F2N2O/c1-6-3-9(13)10(5-8(6)12)15-11(16)4-7(2)14/h3,5,7H,4,14H2,1-2H3,(H,15,16). The first-order valence-electron chi connectivity index (χ1n) is 4.91. The molecule has 1 unspecified atom stereocenters. The molecule has 0 aromatic heterocycles. The average molecular weight is 228 g/mol. The van der Waals surface area contributed by atoms with E-state index in [4.69, 9.17) is 5.73 Å². The van der Waals surface area contributed by atoms with Crippen LogP contribution in [0.5, 0.6) is 0 Å². The first-order chi connectivity index (χ1) is 7.40. The first kappa shape index (κ1) is 12.6. The number of hydrogen-bond acceptors (Lipinski definition) is 2. The second kappa shape index (κ2) is 5.03. The Morgan fingerprint density at radius 1 is 1.44 bits per heavy atom. The van der Waals surface area contributed by atoms with Crippen LogP contribution in [0.1, 0.15) is 18.9 Å². The van der Waals surface area contributed by atoms with Gasteiger partial charge in [-0.25, -0.2) is 8.78 Å². The summed E-state index contributed by atoms with van der Waals surface area (Å²) in [6.45, 7) is 3.11. The van der Waals surface area contributed by atoms with Gasteiger partial charge < -0.3 is 11.1 Å². The molecule has 0 heterocycles. The van der Waals surface area contributed by atoms with Crippen molar-refractivity contribution in [1.82, 2.24) is 0 Å². The minimum atomic E-state index is -0.656. The molecule has 3 nitrogen and oxygen atoms in total. The van der Waals surface area contributed by atoms with E-state index >= 15 is 0 Å². The molecule has 16 heavy (non-hydrogen) atoms. The van der Waals surface area contributed by atoms with Crippen LogP contribution in [0.4, 0.5) is 14.5 Å². The monoisotopic (exact) mass is 228 g/mol. The van der Waals surface area contributed by atoms with E-state index in [2.05, 4.69) is 5.32 Å². The second-order valence-corrected chi connectivity index (χ2v) is 3.81. The van der Waals surface area contributed by atoms with Crippen LogP contribution in [-0.2, 0) is 4.79 Å². The van der Waals surface area contributed by atoms with E-state index in [1.165, 1.54) is 6.92 Å². The molecule has 0 aliphatic carbocycles. The molecule has 0 aliphatic heterocycles. The number of carbonyl (C=O) groups excluding carboxylic acids is 1. The first-order valence-corrected chi connectivity index (χ1v) is 4.91. The Labute approximate surface area is 92.6 Å². The summed E-state index contributed by atoms with van der Waals surface area (Å²) in [6, 6.07) is 1.68. The van der Waals surface area contributed by atoms with Gasteiger partial charge in [0.2, 0.25) is 5.91 Å². The van der Waals surface area contributed by atoms with E-state index in [0.717, 1.165) is 12.1 Å². The zero-order valence-electron chi connectivity index (χ0n) is 9.18. The predicted octanol–water partition coefficient (Wildman–Crippen LogP) is 1.95. The fraction of sp³-hybridized carbons (Fsp3) is 0.364. The van der Waals surface area contributed by atoms with Gasteiger partial charge in [0.15, 0.2) is 0 Å². The highest BCUT2D eigenvalue weighted by Crippen LogP contribution is 2.18. The van der Waals surface area contributed by atoms with Crippen LogP contribution in [0, 0.1) is 18.6 Å². The van der Waals surface area contributed by atoms with Crippen LogP contribution in [0.25, 0.3) is 0 Å². The second-order valence-electron chi connectivity index (χ2n) is 3.81. The van der Waals surface area contributed by atoms with E-state index in [9.17, 15) is 13.6 Å². The highest BCUT2D eigenvalue weighted by molar-refractivity contribution is 5.91. The lowest BCUT2D eigenvalue weighted by atomic mass is 10.2. The molecule has 1 aromatic carbocycles. The summed E-state index contributed by atoms with van der Waals surface area (Å²) in [7, 11) is 0. The minimum Gasteiger partial charge on any atom is -0.327 e. The largest absolute Gasteiger partial charge is 0.327 e. The lowest BCUT2D eigenvalue weighted by Crippen LogP contribution is -2.24. The maximum absolute atomic E-state index is 13.3. The molecule has 1 amide bonds. The summed E-state index contributed by atoms with van der Waals surface area (Å²) in [6.07, 6.45) is 0.0644. The van der Waals surface area contributed by atoms with Gasteiger partial charge in [-0.3, -0.25) is 4.79 Å². The number of hydrogen-bond donors (Lipinski definition) is 2. The molecule has 0 spiro atoms. The van der Waals surface area contributed by atoms with Crippen molar-refractivity contribution in [2.45, 2.75) is 26.3 Å². The number of amides is 1. The van der Waals surface area contributed by atoms with Crippen LogP contribution in [-0.4, -0.2) is 11.9 Å². The van der Waals surface area contributed by atoms with E-state index < -0.39 is 17.5 Å². The Morgan fingerprint density at radius 3 is 2.62 bits per heavy atom. The molecule has 0 aliphatic rings. The molecule has 0 fully saturated rings. The number of carbonyl (C=O) groups is 1. The van der Waals surface area contributed by atoms with Crippen LogP contribution < -0.4 is 11.1 Å². The third kappa shape index (κ3) is 3.27. The van der Waals surface area contributed by atoms with Gasteiger partial charge >= 0.3 is 0 Å². The number of rotatable bonds is 3. The summed E-state index contributed by atoms with van der Waals surface area (Å²) in [5.74, 6) is -1.65. The highest BCUT2D eigenvalue weighted by atomic mass is 19.1. The fourth-order valence-corrected chi connectivity index (χ4v) is 1.24. The van der Waals surface area contributed by atoms with Crippen molar-refractivity contribution in [3.63, 3.8) is 0 Å². The highest BCUT2D eigenvalue weighted by Gasteiger charge is 2.11. The van der Waals surface area contributed by atoms with E-state index in [1.54, 1.807) is 6.92 Å². The number of aryl methyl sites for hydroxylation is 1. The summed E-state index contributed by atoms with van der Waals surface area (Å²) in [5, 5.41) is 2.28. The van der Waals surface area contributed by atoms with Gasteiger partial charge in [0, 0.05) is 18.5 Å². The third-order valence-corrected chi connectivity index (χ3v) is 2.03. The Balaban J connectivity index is 2.81. The van der Waals surface area contributed by atoms with Gasteiger partial charge in [0.05, 0.1) is 5.69 Å². The molecule has 0 bridgehead atoms. The minimum absolute atomic E-state index is 0.0644. The lowest BCUT2D eigenvalue weighted by Gasteiger charge is -2.09. The van der Waals surface area contributed by atoms with Gasteiger partial charge in [-0.2, -0.15) is 0 Å². The van der Waals surface area contributed by atoms with Crippen LogP contribution in [0.3, 0.4) is 0 Å². The van der Waals surface area contributed by atoms with Gasteiger partial charge in [-0.1, -0.05) is 0 Å². The van der Waals surface area contributed by atoms with Crippen molar-refractivity contribution >= 4 is 11.6 Å². The summed E-state index contributed by atoms with van der Waals surface area (Å²) in [4.78, 5) is 11.3. The average Bonchev–Trinajstić information content (AvgIpc) is 2.12. The molecule has 1 rings (SSSR count). The maximum atomic E-state index is 13.3. The number of benzene rings is 1. The van der Waals surface area contributed by atoms with Crippen molar-refractivity contribution < 1.29 is 13.6 Å². The van der Waals surface area contributed by atoms with Crippen LogP contribution in [0.15, 0.2) is 12.1 Å². The zero-order chi connectivity index (χ0) is 12.3. The van der Waals surface area contributed by atoms with Gasteiger partial charge in [-0.15, -0.1) is 0 Å². The topological polar surface area (TPSA) is 55.1 Å². The summed E-state index contributed by atoms with van der Waals surface area (Å²) >= 11 is 0. The number of nitrogens with one attached hydrogen (secondary N) is 1. The van der Waals surface area contributed by atoms with E-state index in [1.807, 2.05) is 0 Å². The Morgan fingerprint density at radius 2 is 2.06 bits per heavy atom. The van der Waals surface area contributed by atoms with Crippen molar-refractivity contribution in [2.24, 2.45) is 5.73 Å². The Bertz CT molecular complexity index is 405. The van der Waals surface area contributed by atoms with E-state index in [-0.39, 0.29) is 23.7 Å². The summed E-state index contributed by atoms with van der Waals surface area (Å²) in [5.41, 5.74) is 5.45. The molecule has 0 saturated heterocycles. The molecular weight excluding hydrogens is 214 g/mol. The van der Waals surface area contributed by atoms with Crippen LogP contribution in [0.2, 0.25) is 0 Å². The zero-order valence-corrected chi connectivity index (χ0v) is 9.18. The SMILES string of the molecule is Cc1cc(F)c(NC(=O)CC(C)N)cc1F. The van der Waals surface area contributed by atoms with Crippen molar-refractivity contribution in [3.8, 4) is 0 Å². The summed E-state index contributed by atoms with van der Waals surface area (Å²) < 4.78 is 26.4. The molecule has 0 saturated carbocycles. The molecule has 1 atom stereocenters. The van der Waals surface area contributed by atoms with Gasteiger partial charge in [0.25, 0.3) is 0 Å². The lowest BCUT2D eigenvalue weighted by molar-refractivity contribution is -0.116. The molecular formula is C11H14F2N2O. The molecule has 3 N–H and O–H groups in total. The number of halogens is 2. The normalized spacial score (nSPS) is 12.3. The van der Waals surface area contributed by atoms with Crippen molar-refractivity contribution in [3.05, 3.63) is 29.3 Å². The van der Waals surface area contributed by atoms with Crippen LogP contribution >= 0.6 is 0 Å². The van der Waals surface area contributed by atoms with Gasteiger partial charge in [-0.05, 0) is 25.5 Å².